The number of likely N-dealkylation sites (N-methyl/N-ethyl adjacent to an activating group) is 1. The predicted molar refractivity (Wildman–Crippen MR) is 134 cm³/mol. The number of carbonyl (C=O) groups excluding carboxylic acids is 2. The molecule has 2 aromatic rings. The Balaban J connectivity index is 2.50. The van der Waals surface area contributed by atoms with Gasteiger partial charge in [-0.05, 0) is 37.6 Å². The summed E-state index contributed by atoms with van der Waals surface area (Å²) < 4.78 is 36.5. The zero-order valence-electron chi connectivity index (χ0n) is 20.8. The molecule has 196 valence electrons. The first-order chi connectivity index (χ1) is 16.9. The monoisotopic (exact) mass is 522 g/mol. The Morgan fingerprint density at radius 1 is 1.11 bits per heavy atom. The molecule has 13 heteroatoms. The van der Waals surface area contributed by atoms with E-state index < -0.39 is 39.3 Å². The van der Waals surface area contributed by atoms with Gasteiger partial charge in [-0.2, -0.15) is 0 Å². The van der Waals surface area contributed by atoms with Gasteiger partial charge in [0.25, 0.3) is 5.69 Å². The van der Waals surface area contributed by atoms with Gasteiger partial charge in [0.2, 0.25) is 21.8 Å². The largest absolute Gasteiger partial charge is 0.497 e. The maximum Gasteiger partial charge on any atom is 0.271 e. The van der Waals surface area contributed by atoms with Crippen LogP contribution in [-0.4, -0.2) is 69.7 Å². The van der Waals surface area contributed by atoms with Gasteiger partial charge in [0.1, 0.15) is 29.8 Å². The average Bonchev–Trinajstić information content (AvgIpc) is 2.84. The predicted octanol–water partition coefficient (Wildman–Crippen LogP) is 1.93. The van der Waals surface area contributed by atoms with Crippen molar-refractivity contribution in [3.8, 4) is 11.5 Å². The Labute approximate surface area is 210 Å². The number of rotatable bonds is 12. The third-order valence-electron chi connectivity index (χ3n) is 5.35. The number of benzene rings is 2. The van der Waals surface area contributed by atoms with Gasteiger partial charge >= 0.3 is 0 Å². The third-order valence-corrected chi connectivity index (χ3v) is 6.48. The van der Waals surface area contributed by atoms with Crippen LogP contribution < -0.4 is 19.1 Å². The molecule has 2 aromatic carbocycles. The Hall–Kier alpha value is -3.87. The Kier molecular flexibility index (Phi) is 9.61. The maximum atomic E-state index is 13.5. The minimum absolute atomic E-state index is 0.00476. The van der Waals surface area contributed by atoms with E-state index in [1.165, 1.54) is 32.1 Å². The summed E-state index contributed by atoms with van der Waals surface area (Å²) >= 11 is 0. The van der Waals surface area contributed by atoms with Crippen LogP contribution >= 0.6 is 0 Å². The van der Waals surface area contributed by atoms with Crippen molar-refractivity contribution < 1.29 is 32.4 Å². The van der Waals surface area contributed by atoms with E-state index in [-0.39, 0.29) is 23.7 Å². The summed E-state index contributed by atoms with van der Waals surface area (Å²) in [4.78, 5) is 38.0. The molecule has 0 aliphatic carbocycles. The molecule has 0 fully saturated rings. The average molecular weight is 523 g/mol. The Morgan fingerprint density at radius 3 is 2.25 bits per heavy atom. The fourth-order valence-corrected chi connectivity index (χ4v) is 4.26. The van der Waals surface area contributed by atoms with E-state index in [9.17, 15) is 28.1 Å². The summed E-state index contributed by atoms with van der Waals surface area (Å²) in [6, 6.07) is 9.35. The number of ether oxygens (including phenoxy) is 2. The van der Waals surface area contributed by atoms with Gasteiger partial charge < -0.3 is 19.7 Å². The van der Waals surface area contributed by atoms with E-state index in [2.05, 4.69) is 5.32 Å². The van der Waals surface area contributed by atoms with E-state index in [1.807, 2.05) is 0 Å². The minimum atomic E-state index is -4.09. The van der Waals surface area contributed by atoms with Crippen LogP contribution in [0.1, 0.15) is 19.4 Å². The van der Waals surface area contributed by atoms with Crippen molar-refractivity contribution in [3.05, 3.63) is 58.1 Å². The van der Waals surface area contributed by atoms with Crippen molar-refractivity contribution in [2.75, 3.05) is 37.9 Å². The number of nitrogens with one attached hydrogen (secondary N) is 1. The molecule has 1 atom stereocenters. The number of hydrogen-bond acceptors (Lipinski definition) is 8. The molecule has 0 aliphatic rings. The van der Waals surface area contributed by atoms with Crippen molar-refractivity contribution in [2.45, 2.75) is 26.4 Å². The first kappa shape index (κ1) is 28.4. The first-order valence-electron chi connectivity index (χ1n) is 10.9. The number of carbonyl (C=O) groups is 2. The quantitative estimate of drug-likeness (QED) is 0.328. The minimum Gasteiger partial charge on any atom is -0.497 e. The standard InChI is InChI=1S/C23H30N4O8S/c1-6-24-23(29)16(2)25(14-17-7-10-19(34-3)11-8-17)22(28)15-26(36(5,32)33)20-13-18(27(30)31)9-12-21(20)35-4/h7-13,16H,6,14-15H2,1-5H3,(H,24,29). The summed E-state index contributed by atoms with van der Waals surface area (Å²) in [7, 11) is -1.30. The molecular formula is C23H30N4O8S. The molecule has 0 bridgehead atoms. The molecule has 0 radical (unpaired) electrons. The van der Waals surface area contributed by atoms with E-state index in [0.29, 0.717) is 17.9 Å². The van der Waals surface area contributed by atoms with Crippen molar-refractivity contribution in [1.82, 2.24) is 10.2 Å². The number of nitro benzene ring substituents is 1. The van der Waals surface area contributed by atoms with Crippen LogP contribution in [0.3, 0.4) is 0 Å². The van der Waals surface area contributed by atoms with Gasteiger partial charge in [-0.1, -0.05) is 12.1 Å². The molecule has 0 heterocycles. The van der Waals surface area contributed by atoms with Crippen LogP contribution in [0, 0.1) is 10.1 Å². The molecule has 0 spiro atoms. The Morgan fingerprint density at radius 2 is 1.75 bits per heavy atom. The SMILES string of the molecule is CCNC(=O)C(C)N(Cc1ccc(OC)cc1)C(=O)CN(c1cc([N+](=O)[O-])ccc1OC)S(C)(=O)=O. The number of anilines is 1. The number of nitrogens with zero attached hydrogens (tertiary/aromatic N) is 3. The number of non-ortho nitro benzene ring substituents is 1. The van der Waals surface area contributed by atoms with Gasteiger partial charge in [0, 0.05) is 25.2 Å². The highest BCUT2D eigenvalue weighted by Crippen LogP contribution is 2.33. The number of nitro groups is 1. The zero-order chi connectivity index (χ0) is 27.0. The van der Waals surface area contributed by atoms with Gasteiger partial charge in [0.15, 0.2) is 0 Å². The molecule has 1 N–H and O–H groups in total. The van der Waals surface area contributed by atoms with Crippen LogP contribution in [0.2, 0.25) is 0 Å². The Bertz CT molecular complexity index is 1200. The number of methoxy groups -OCH3 is 2. The maximum absolute atomic E-state index is 13.5. The van der Waals surface area contributed by atoms with Gasteiger partial charge in [-0.3, -0.25) is 24.0 Å². The lowest BCUT2D eigenvalue weighted by Gasteiger charge is -2.31. The van der Waals surface area contributed by atoms with Gasteiger partial charge in [-0.15, -0.1) is 0 Å². The highest BCUT2D eigenvalue weighted by atomic mass is 32.2. The van der Waals surface area contributed by atoms with E-state index in [0.717, 1.165) is 22.7 Å². The van der Waals surface area contributed by atoms with Crippen molar-refractivity contribution in [3.63, 3.8) is 0 Å². The van der Waals surface area contributed by atoms with E-state index in [1.54, 1.807) is 31.2 Å². The summed E-state index contributed by atoms with van der Waals surface area (Å²) in [5.41, 5.74) is 0.134. The van der Waals surface area contributed by atoms with Crippen LogP contribution in [0.5, 0.6) is 11.5 Å². The molecule has 0 aliphatic heterocycles. The molecule has 2 amide bonds. The van der Waals surface area contributed by atoms with Crippen LogP contribution in [0.4, 0.5) is 11.4 Å². The summed E-state index contributed by atoms with van der Waals surface area (Å²) in [5, 5.41) is 14.0. The highest BCUT2D eigenvalue weighted by Gasteiger charge is 2.31. The summed E-state index contributed by atoms with van der Waals surface area (Å²) in [6.45, 7) is 2.90. The number of amides is 2. The lowest BCUT2D eigenvalue weighted by molar-refractivity contribution is -0.384. The first-order valence-corrected chi connectivity index (χ1v) is 12.8. The van der Waals surface area contributed by atoms with Gasteiger partial charge in [-0.25, -0.2) is 8.42 Å². The second-order valence-corrected chi connectivity index (χ2v) is 9.73. The van der Waals surface area contributed by atoms with Crippen molar-refractivity contribution in [2.24, 2.45) is 0 Å². The van der Waals surface area contributed by atoms with Crippen molar-refractivity contribution >= 4 is 33.2 Å². The second kappa shape index (κ2) is 12.2. The lowest BCUT2D eigenvalue weighted by atomic mass is 10.1. The van der Waals surface area contributed by atoms with Crippen LogP contribution in [-0.2, 0) is 26.2 Å². The number of sulfonamides is 1. The fourth-order valence-electron chi connectivity index (χ4n) is 3.41. The van der Waals surface area contributed by atoms with Gasteiger partial charge in [0.05, 0.1) is 25.4 Å². The molecule has 12 nitrogen and oxygen atoms in total. The second-order valence-electron chi connectivity index (χ2n) is 7.82. The molecule has 1 unspecified atom stereocenters. The van der Waals surface area contributed by atoms with E-state index >= 15 is 0 Å². The fraction of sp³-hybridized carbons (Fsp3) is 0.391. The van der Waals surface area contributed by atoms with Crippen LogP contribution in [0.15, 0.2) is 42.5 Å². The van der Waals surface area contributed by atoms with E-state index in [4.69, 9.17) is 9.47 Å². The van der Waals surface area contributed by atoms with Crippen molar-refractivity contribution in [1.29, 1.82) is 0 Å². The smallest absolute Gasteiger partial charge is 0.271 e. The molecule has 0 aromatic heterocycles. The highest BCUT2D eigenvalue weighted by molar-refractivity contribution is 7.92. The summed E-state index contributed by atoms with van der Waals surface area (Å²) in [6.07, 6.45) is 0.875. The number of hydrogen-bond donors (Lipinski definition) is 1. The molecule has 36 heavy (non-hydrogen) atoms. The van der Waals surface area contributed by atoms with Crippen LogP contribution in [0.25, 0.3) is 0 Å². The molecular weight excluding hydrogens is 492 g/mol. The molecule has 2 rings (SSSR count). The third kappa shape index (κ3) is 7.07. The molecule has 0 saturated heterocycles. The topological polar surface area (TPSA) is 148 Å². The lowest BCUT2D eigenvalue weighted by Crippen LogP contribution is -2.51. The zero-order valence-corrected chi connectivity index (χ0v) is 21.6. The normalized spacial score (nSPS) is 11.8. The molecule has 0 saturated carbocycles. The summed E-state index contributed by atoms with van der Waals surface area (Å²) in [5.74, 6) is -0.478.